The van der Waals surface area contributed by atoms with Crippen molar-refractivity contribution in [1.29, 1.82) is 0 Å². The molecule has 0 bridgehead atoms. The van der Waals surface area contributed by atoms with Crippen LogP contribution in [0.4, 0.5) is 5.69 Å². The molecular weight excluding hydrogens is 454 g/mol. The summed E-state index contributed by atoms with van der Waals surface area (Å²) in [5, 5.41) is 0. The van der Waals surface area contributed by atoms with Gasteiger partial charge in [-0.15, -0.1) is 0 Å². The zero-order valence-corrected chi connectivity index (χ0v) is 24.8. The Balaban J connectivity index is 1.41. The van der Waals surface area contributed by atoms with Crippen LogP contribution in [0.2, 0.25) is 18.1 Å². The lowest BCUT2D eigenvalue weighted by molar-refractivity contribution is -0.00471. The first-order valence-electron chi connectivity index (χ1n) is 14.8. The third-order valence-electron chi connectivity index (χ3n) is 9.83. The van der Waals surface area contributed by atoms with Crippen LogP contribution in [0, 0.1) is 6.92 Å². The van der Waals surface area contributed by atoms with E-state index in [2.05, 4.69) is 88.7 Å². The van der Waals surface area contributed by atoms with Crippen molar-refractivity contribution in [3.63, 3.8) is 0 Å². The quantitative estimate of drug-likeness (QED) is 0.250. The molecule has 0 radical (unpaired) electrons. The van der Waals surface area contributed by atoms with E-state index in [9.17, 15) is 0 Å². The van der Waals surface area contributed by atoms with Crippen LogP contribution in [0.25, 0.3) is 0 Å². The highest BCUT2D eigenvalue weighted by molar-refractivity contribution is 6.81. The van der Waals surface area contributed by atoms with Crippen molar-refractivity contribution in [3.05, 3.63) is 64.7 Å². The van der Waals surface area contributed by atoms with E-state index in [1.54, 1.807) is 16.7 Å². The van der Waals surface area contributed by atoms with Crippen molar-refractivity contribution in [1.82, 2.24) is 0 Å². The Kier molecular flexibility index (Phi) is 7.44. The van der Waals surface area contributed by atoms with E-state index in [1.165, 1.54) is 68.7 Å². The van der Waals surface area contributed by atoms with Gasteiger partial charge in [-0.3, -0.25) is 0 Å². The minimum absolute atomic E-state index is 0.0105. The minimum atomic E-state index is -1.59. The summed E-state index contributed by atoms with van der Waals surface area (Å²) >= 11 is 0. The van der Waals surface area contributed by atoms with E-state index in [1.807, 2.05) is 0 Å². The summed E-state index contributed by atoms with van der Waals surface area (Å²) in [5.74, 6) is 0.639. The first kappa shape index (κ1) is 26.0. The fourth-order valence-corrected chi connectivity index (χ4v) is 14.3. The maximum absolute atomic E-state index is 5.98. The molecule has 1 saturated carbocycles. The van der Waals surface area contributed by atoms with Gasteiger partial charge in [0.15, 0.2) is 0 Å². The Morgan fingerprint density at radius 2 is 1.61 bits per heavy atom. The maximum Gasteiger partial charge on any atom is 0.0622 e. The van der Waals surface area contributed by atoms with E-state index >= 15 is 0 Å². The molecule has 3 heteroatoms. The Morgan fingerprint density at radius 1 is 0.917 bits per heavy atom. The van der Waals surface area contributed by atoms with Crippen molar-refractivity contribution >= 4 is 13.8 Å². The number of rotatable bonds is 9. The lowest BCUT2D eigenvalue weighted by Gasteiger charge is -2.43. The lowest BCUT2D eigenvalue weighted by atomic mass is 9.94. The normalized spacial score (nSPS) is 25.1. The predicted octanol–water partition coefficient (Wildman–Crippen LogP) is 9.30. The third-order valence-corrected chi connectivity index (χ3v) is 15.8. The van der Waals surface area contributed by atoms with Gasteiger partial charge in [0.2, 0.25) is 0 Å². The van der Waals surface area contributed by atoms with Gasteiger partial charge < -0.3 is 9.64 Å². The average Bonchev–Trinajstić information content (AvgIpc) is 3.54. The molecule has 2 aromatic carbocycles. The van der Waals surface area contributed by atoms with Gasteiger partial charge in [0.1, 0.15) is 0 Å². The van der Waals surface area contributed by atoms with E-state index in [4.69, 9.17) is 4.74 Å². The molecule has 196 valence electrons. The molecule has 5 rings (SSSR count). The first-order valence-corrected chi connectivity index (χ1v) is 17.6. The monoisotopic (exact) mass is 503 g/mol. The lowest BCUT2D eigenvalue weighted by Crippen LogP contribution is -2.44. The fourth-order valence-electron chi connectivity index (χ4n) is 8.15. The third kappa shape index (κ3) is 4.83. The minimum Gasteiger partial charge on any atom is -0.376 e. The molecule has 1 heterocycles. The summed E-state index contributed by atoms with van der Waals surface area (Å²) in [4.78, 5) is 2.62. The van der Waals surface area contributed by atoms with Crippen LogP contribution in [0.5, 0.6) is 0 Å². The van der Waals surface area contributed by atoms with Gasteiger partial charge in [-0.25, -0.2) is 0 Å². The van der Waals surface area contributed by atoms with Crippen molar-refractivity contribution in [3.8, 4) is 0 Å². The number of aryl methyl sites for hydroxylation is 1. The second kappa shape index (κ2) is 10.3. The summed E-state index contributed by atoms with van der Waals surface area (Å²) in [6.07, 6.45) is 11.1. The summed E-state index contributed by atoms with van der Waals surface area (Å²) in [6.45, 7) is 12.5. The molecule has 0 spiro atoms. The topological polar surface area (TPSA) is 12.5 Å². The molecule has 4 atom stereocenters. The summed E-state index contributed by atoms with van der Waals surface area (Å²) in [7, 11) is 0.761. The van der Waals surface area contributed by atoms with Gasteiger partial charge in [0, 0.05) is 25.3 Å². The molecule has 0 aromatic heterocycles. The second-order valence-corrected chi connectivity index (χ2v) is 18.3. The molecule has 2 aromatic rings. The summed E-state index contributed by atoms with van der Waals surface area (Å²) in [5.41, 5.74) is 9.60. The zero-order chi connectivity index (χ0) is 25.5. The summed E-state index contributed by atoms with van der Waals surface area (Å²) in [6, 6.07) is 18.8. The SMILES string of the molecule is Cc1ccc2c(c1)C1C(c3ccccc3C1[Si](C)(CCCCCCOC(C)(C)C)C1CCCC1)N2C. The maximum atomic E-state index is 5.98. The molecule has 1 aliphatic heterocycles. The number of likely N-dealkylation sites (N-methyl/N-ethyl adjacent to an activating group) is 1. The van der Waals surface area contributed by atoms with Crippen molar-refractivity contribution < 1.29 is 4.74 Å². The Labute approximate surface area is 221 Å². The van der Waals surface area contributed by atoms with Gasteiger partial charge in [-0.05, 0) is 68.0 Å². The van der Waals surface area contributed by atoms with Crippen LogP contribution in [-0.4, -0.2) is 27.3 Å². The van der Waals surface area contributed by atoms with Gasteiger partial charge in [0.25, 0.3) is 0 Å². The zero-order valence-electron chi connectivity index (χ0n) is 23.8. The van der Waals surface area contributed by atoms with Crippen molar-refractivity contribution in [2.24, 2.45) is 0 Å². The standard InChI is InChI=1S/C33H49NOSi/c1-24-19-20-29-28(23-24)30-31(34(29)5)26-17-11-12-18-27(26)32(30)36(6,25-15-9-10-16-25)22-14-8-7-13-21-35-33(2,3)4/h11-12,17-20,23,25,30-32H,7-10,13-16,21-22H2,1-6H3. The molecule has 2 aliphatic carbocycles. The number of unbranched alkanes of at least 4 members (excludes halogenated alkanes) is 3. The molecule has 2 nitrogen and oxygen atoms in total. The highest BCUT2D eigenvalue weighted by Crippen LogP contribution is 2.65. The van der Waals surface area contributed by atoms with E-state index in [-0.39, 0.29) is 5.60 Å². The van der Waals surface area contributed by atoms with Gasteiger partial charge >= 0.3 is 0 Å². The van der Waals surface area contributed by atoms with Gasteiger partial charge in [0.05, 0.1) is 19.7 Å². The van der Waals surface area contributed by atoms with Crippen LogP contribution < -0.4 is 4.90 Å². The molecular formula is C33H49NOSi. The Hall–Kier alpha value is -1.58. The van der Waals surface area contributed by atoms with Crippen LogP contribution in [0.15, 0.2) is 42.5 Å². The van der Waals surface area contributed by atoms with Crippen LogP contribution in [0.3, 0.4) is 0 Å². The smallest absolute Gasteiger partial charge is 0.0622 e. The van der Waals surface area contributed by atoms with Crippen molar-refractivity contribution in [2.75, 3.05) is 18.6 Å². The van der Waals surface area contributed by atoms with E-state index < -0.39 is 8.07 Å². The molecule has 36 heavy (non-hydrogen) atoms. The second-order valence-electron chi connectivity index (χ2n) is 13.4. The molecule has 3 aliphatic rings. The molecule has 4 unspecified atom stereocenters. The number of hydrogen-bond acceptors (Lipinski definition) is 2. The van der Waals surface area contributed by atoms with E-state index in [0.29, 0.717) is 12.0 Å². The number of hydrogen-bond donors (Lipinski definition) is 0. The number of anilines is 1. The number of ether oxygens (including phenoxy) is 1. The largest absolute Gasteiger partial charge is 0.376 e. The van der Waals surface area contributed by atoms with Gasteiger partial charge in [-0.2, -0.15) is 0 Å². The average molecular weight is 504 g/mol. The van der Waals surface area contributed by atoms with E-state index in [0.717, 1.165) is 17.7 Å². The predicted molar refractivity (Wildman–Crippen MR) is 157 cm³/mol. The van der Waals surface area contributed by atoms with Gasteiger partial charge in [-0.1, -0.05) is 99.5 Å². The number of benzene rings is 2. The number of fused-ring (bicyclic) bond motifs is 5. The molecule has 1 fully saturated rings. The first-order chi connectivity index (χ1) is 17.2. The molecule has 0 amide bonds. The number of nitrogens with zero attached hydrogens (tertiary/aromatic N) is 1. The molecule has 0 N–H and O–H groups in total. The highest BCUT2D eigenvalue weighted by atomic mass is 28.3. The molecule has 0 saturated heterocycles. The fraction of sp³-hybridized carbons (Fsp3) is 0.636. The Morgan fingerprint density at radius 3 is 2.33 bits per heavy atom. The van der Waals surface area contributed by atoms with Crippen LogP contribution >= 0.6 is 0 Å². The van der Waals surface area contributed by atoms with Crippen LogP contribution in [0.1, 0.15) is 112 Å². The highest BCUT2D eigenvalue weighted by Gasteiger charge is 2.57. The summed E-state index contributed by atoms with van der Waals surface area (Å²) < 4.78 is 5.98. The van der Waals surface area contributed by atoms with Crippen molar-refractivity contribution in [2.45, 2.75) is 120 Å². The Bertz CT molecular complexity index is 1050. The van der Waals surface area contributed by atoms with Crippen LogP contribution in [-0.2, 0) is 4.74 Å².